The molecule has 2 fully saturated rings. The van der Waals surface area contributed by atoms with Gasteiger partial charge in [-0.3, -0.25) is 14.4 Å². The van der Waals surface area contributed by atoms with E-state index in [1.165, 1.54) is 9.80 Å². The Morgan fingerprint density at radius 3 is 2.39 bits per heavy atom. The van der Waals surface area contributed by atoms with E-state index in [9.17, 15) is 34.2 Å². The first-order chi connectivity index (χ1) is 18.4. The van der Waals surface area contributed by atoms with Gasteiger partial charge < -0.3 is 39.7 Å². The van der Waals surface area contributed by atoms with Gasteiger partial charge in [0.25, 0.3) is 0 Å². The monoisotopic (exact) mass is 534 g/mol. The molecule has 0 bridgehead atoms. The molecule has 4 amide bonds. The molecular formula is C25H34N4O9. The van der Waals surface area contributed by atoms with Crippen molar-refractivity contribution >= 4 is 30.3 Å². The Hall–Kier alpha value is -3.71. The second-order valence-electron chi connectivity index (χ2n) is 9.06. The van der Waals surface area contributed by atoms with Crippen LogP contribution in [-0.4, -0.2) is 113 Å². The van der Waals surface area contributed by atoms with Gasteiger partial charge in [0.2, 0.25) is 18.2 Å². The zero-order valence-corrected chi connectivity index (χ0v) is 21.2. The van der Waals surface area contributed by atoms with Crippen molar-refractivity contribution in [2.45, 2.75) is 56.6 Å². The summed E-state index contributed by atoms with van der Waals surface area (Å²) in [5.41, 5.74) is 0.750. The molecule has 13 heteroatoms. The van der Waals surface area contributed by atoms with Crippen molar-refractivity contribution in [3.05, 3.63) is 35.9 Å². The van der Waals surface area contributed by atoms with Gasteiger partial charge in [-0.25, -0.2) is 9.59 Å². The number of hydrogen-bond donors (Lipinski definition) is 3. The number of aliphatic hydroxyl groups is 2. The second kappa shape index (κ2) is 13.7. The van der Waals surface area contributed by atoms with E-state index in [0.717, 1.165) is 17.6 Å². The molecule has 3 rings (SSSR count). The van der Waals surface area contributed by atoms with Crippen LogP contribution in [0.1, 0.15) is 31.2 Å². The first kappa shape index (κ1) is 28.9. The predicted molar refractivity (Wildman–Crippen MR) is 131 cm³/mol. The van der Waals surface area contributed by atoms with Crippen molar-refractivity contribution in [3.8, 4) is 0 Å². The summed E-state index contributed by atoms with van der Waals surface area (Å²) in [6, 6.07) is 5.48. The number of likely N-dealkylation sites (tertiary alicyclic amines) is 2. The number of benzene rings is 1. The van der Waals surface area contributed by atoms with Gasteiger partial charge in [-0.2, -0.15) is 0 Å². The topological polar surface area (TPSA) is 166 Å². The number of ether oxygens (including phenoxy) is 2. The highest BCUT2D eigenvalue weighted by molar-refractivity contribution is 5.92. The van der Waals surface area contributed by atoms with Gasteiger partial charge in [0.05, 0.1) is 20.3 Å². The SMILES string of the molecule is COC(=O)C(CO)N(C=O)C1CCCN1C(=O)C1CCCN1C(=O)C(CO)NC(=O)OCc1ccccc1. The third kappa shape index (κ3) is 6.58. The molecule has 4 atom stereocenters. The molecule has 2 aliphatic heterocycles. The van der Waals surface area contributed by atoms with Crippen LogP contribution in [0, 0.1) is 0 Å². The normalized spacial score (nSPS) is 20.4. The third-order valence-electron chi connectivity index (χ3n) is 6.78. The van der Waals surface area contributed by atoms with Crippen molar-refractivity contribution in [1.82, 2.24) is 20.0 Å². The number of amides is 4. The minimum Gasteiger partial charge on any atom is -0.467 e. The molecule has 38 heavy (non-hydrogen) atoms. The number of rotatable bonds is 11. The Labute approximate surface area is 220 Å². The van der Waals surface area contributed by atoms with Crippen LogP contribution < -0.4 is 5.32 Å². The quantitative estimate of drug-likeness (QED) is 0.243. The van der Waals surface area contributed by atoms with E-state index in [-0.39, 0.29) is 13.2 Å². The molecule has 0 aromatic heterocycles. The lowest BCUT2D eigenvalue weighted by atomic mass is 10.1. The van der Waals surface area contributed by atoms with Crippen LogP contribution in [0.5, 0.6) is 0 Å². The van der Waals surface area contributed by atoms with Gasteiger partial charge in [-0.05, 0) is 31.2 Å². The van der Waals surface area contributed by atoms with Crippen LogP contribution in [0.25, 0.3) is 0 Å². The molecule has 0 aliphatic carbocycles. The first-order valence-electron chi connectivity index (χ1n) is 12.5. The van der Waals surface area contributed by atoms with Gasteiger partial charge in [0.15, 0.2) is 6.04 Å². The molecule has 0 radical (unpaired) electrons. The Balaban J connectivity index is 1.67. The van der Waals surface area contributed by atoms with E-state index in [1.54, 1.807) is 24.3 Å². The number of carbonyl (C=O) groups excluding carboxylic acids is 5. The van der Waals surface area contributed by atoms with E-state index in [0.29, 0.717) is 38.6 Å². The maximum absolute atomic E-state index is 13.6. The summed E-state index contributed by atoms with van der Waals surface area (Å²) in [6.45, 7) is -0.863. The molecular weight excluding hydrogens is 500 g/mol. The highest BCUT2D eigenvalue weighted by Gasteiger charge is 2.44. The molecule has 208 valence electrons. The lowest BCUT2D eigenvalue weighted by molar-refractivity contribution is -0.159. The van der Waals surface area contributed by atoms with Gasteiger partial charge in [0, 0.05) is 13.1 Å². The summed E-state index contributed by atoms with van der Waals surface area (Å²) in [5, 5.41) is 21.8. The van der Waals surface area contributed by atoms with Crippen molar-refractivity contribution in [2.24, 2.45) is 0 Å². The molecule has 4 unspecified atom stereocenters. The van der Waals surface area contributed by atoms with E-state index >= 15 is 0 Å². The highest BCUT2D eigenvalue weighted by atomic mass is 16.5. The zero-order chi connectivity index (χ0) is 27.7. The van der Waals surface area contributed by atoms with Crippen LogP contribution in [0.4, 0.5) is 4.79 Å². The van der Waals surface area contributed by atoms with Crippen LogP contribution in [0.2, 0.25) is 0 Å². The Bertz CT molecular complexity index is 992. The maximum Gasteiger partial charge on any atom is 0.408 e. The standard InChI is InChI=1S/C25H34N4O9/c1-37-24(35)20(14-31)29(16-32)21-10-6-12-28(21)23(34)19-9-5-11-27(19)22(33)18(13-30)26-25(36)38-15-17-7-3-2-4-8-17/h2-4,7-8,16,18-21,30-31H,5-6,9-15H2,1H3,(H,26,36). The van der Waals surface area contributed by atoms with E-state index in [2.05, 4.69) is 10.1 Å². The van der Waals surface area contributed by atoms with Crippen LogP contribution in [-0.2, 0) is 35.3 Å². The van der Waals surface area contributed by atoms with E-state index in [1.807, 2.05) is 6.07 Å². The molecule has 3 N–H and O–H groups in total. The molecule has 1 aromatic rings. The number of hydrogen-bond acceptors (Lipinski definition) is 9. The van der Waals surface area contributed by atoms with E-state index < -0.39 is 61.4 Å². The number of esters is 1. The highest BCUT2D eigenvalue weighted by Crippen LogP contribution is 2.27. The van der Waals surface area contributed by atoms with Crippen LogP contribution >= 0.6 is 0 Å². The fourth-order valence-electron chi connectivity index (χ4n) is 4.87. The number of aliphatic hydroxyl groups excluding tert-OH is 2. The second-order valence-corrected chi connectivity index (χ2v) is 9.06. The molecule has 1 aromatic carbocycles. The van der Waals surface area contributed by atoms with Gasteiger partial charge in [-0.15, -0.1) is 0 Å². The average Bonchev–Trinajstić information content (AvgIpc) is 3.63. The summed E-state index contributed by atoms with van der Waals surface area (Å²) in [4.78, 5) is 66.8. The van der Waals surface area contributed by atoms with Crippen molar-refractivity contribution in [2.75, 3.05) is 33.4 Å². The third-order valence-corrected chi connectivity index (χ3v) is 6.78. The van der Waals surface area contributed by atoms with Gasteiger partial charge in [-0.1, -0.05) is 30.3 Å². The van der Waals surface area contributed by atoms with Crippen molar-refractivity contribution in [3.63, 3.8) is 0 Å². The molecule has 2 heterocycles. The summed E-state index contributed by atoms with van der Waals surface area (Å²) in [7, 11) is 1.14. The van der Waals surface area contributed by atoms with Crippen LogP contribution in [0.15, 0.2) is 30.3 Å². The van der Waals surface area contributed by atoms with Gasteiger partial charge >= 0.3 is 12.1 Å². The minimum absolute atomic E-state index is 0.0200. The molecule has 13 nitrogen and oxygen atoms in total. The number of methoxy groups -OCH3 is 1. The average molecular weight is 535 g/mol. The predicted octanol–water partition coefficient (Wildman–Crippen LogP) is -0.794. The minimum atomic E-state index is -1.31. The number of alkyl carbamates (subject to hydrolysis) is 1. The molecule has 0 saturated carbocycles. The Morgan fingerprint density at radius 2 is 1.76 bits per heavy atom. The largest absolute Gasteiger partial charge is 0.467 e. The summed E-state index contributed by atoms with van der Waals surface area (Å²) < 4.78 is 9.82. The van der Waals surface area contributed by atoms with Crippen molar-refractivity contribution in [1.29, 1.82) is 0 Å². The summed E-state index contributed by atoms with van der Waals surface area (Å²) >= 11 is 0. The van der Waals surface area contributed by atoms with Gasteiger partial charge in [0.1, 0.15) is 24.9 Å². The fourth-order valence-corrected chi connectivity index (χ4v) is 4.87. The molecule has 2 aliphatic rings. The lowest BCUT2D eigenvalue weighted by Crippen LogP contribution is -2.59. The lowest BCUT2D eigenvalue weighted by Gasteiger charge is -2.38. The van der Waals surface area contributed by atoms with Crippen LogP contribution in [0.3, 0.4) is 0 Å². The van der Waals surface area contributed by atoms with Crippen molar-refractivity contribution < 1.29 is 43.7 Å². The Morgan fingerprint density at radius 1 is 1.08 bits per heavy atom. The first-order valence-corrected chi connectivity index (χ1v) is 12.5. The zero-order valence-electron chi connectivity index (χ0n) is 21.2. The maximum atomic E-state index is 13.6. The van der Waals surface area contributed by atoms with E-state index in [4.69, 9.17) is 4.74 Å². The molecule has 0 spiro atoms. The summed E-state index contributed by atoms with van der Waals surface area (Å²) in [5.74, 6) is -1.87. The molecule has 2 saturated heterocycles. The number of nitrogens with one attached hydrogen (secondary N) is 1. The smallest absolute Gasteiger partial charge is 0.408 e. The fraction of sp³-hybridized carbons (Fsp3) is 0.560. The Kier molecular flexibility index (Phi) is 10.4. The number of carbonyl (C=O) groups is 5. The number of nitrogens with zero attached hydrogens (tertiary/aromatic N) is 3. The summed E-state index contributed by atoms with van der Waals surface area (Å²) in [6.07, 6.45) is 0.526.